The molecule has 0 saturated heterocycles. The van der Waals surface area contributed by atoms with E-state index < -0.39 is 0 Å². The van der Waals surface area contributed by atoms with E-state index in [0.717, 1.165) is 6.42 Å². The minimum absolute atomic E-state index is 0. The molecule has 0 aliphatic rings. The number of unbranched alkanes of at least 4 members (excludes halogenated alkanes) is 3. The molecule has 2 heteroatoms. The minimum atomic E-state index is 0. The predicted molar refractivity (Wildman–Crippen MR) is 42.3 cm³/mol. The smallest absolute Gasteiger partial charge is 0.0431 e. The van der Waals surface area contributed by atoms with E-state index in [4.69, 9.17) is 5.11 Å². The van der Waals surface area contributed by atoms with Gasteiger partial charge in [-0.05, 0) is 6.42 Å². The number of hydrogen-bond acceptors (Lipinski definition) is 1. The van der Waals surface area contributed by atoms with Crippen molar-refractivity contribution in [2.45, 2.75) is 39.5 Å². The van der Waals surface area contributed by atoms with Crippen LogP contribution in [0.2, 0.25) is 0 Å². The van der Waals surface area contributed by atoms with Crippen molar-refractivity contribution in [1.29, 1.82) is 0 Å². The third-order valence-electron chi connectivity index (χ3n) is 1.01. The van der Waals surface area contributed by atoms with E-state index >= 15 is 0 Å². The van der Waals surface area contributed by atoms with Gasteiger partial charge < -0.3 is 12.0 Å². The van der Waals surface area contributed by atoms with Gasteiger partial charge in [-0.15, -0.1) is 0 Å². The zero-order valence-electron chi connectivity index (χ0n) is 7.19. The van der Waals surface area contributed by atoms with Gasteiger partial charge in [-0.3, -0.25) is 0 Å². The summed E-state index contributed by atoms with van der Waals surface area (Å²) in [5, 5.41) is 8.29. The van der Waals surface area contributed by atoms with Crippen LogP contribution in [-0.4, -0.2) is 11.7 Å². The second-order valence-electron chi connectivity index (χ2n) is 1.78. The molecule has 0 aromatic rings. The van der Waals surface area contributed by atoms with Crippen molar-refractivity contribution >= 4 is 0 Å². The van der Waals surface area contributed by atoms with Crippen LogP contribution in [0.1, 0.15) is 39.5 Å². The summed E-state index contributed by atoms with van der Waals surface area (Å²) in [5.41, 5.74) is 0. The molecule has 0 rings (SSSR count). The largest absolute Gasteiger partial charge is 0.396 e. The number of aliphatic hydroxyl groups is 1. The molecule has 0 amide bonds. The van der Waals surface area contributed by atoms with Crippen LogP contribution in [0.4, 0.5) is 0 Å². The molecule has 62 valence electrons. The van der Waals surface area contributed by atoms with Crippen molar-refractivity contribution in [3.63, 3.8) is 0 Å². The van der Waals surface area contributed by atoms with E-state index in [2.05, 4.69) is 13.8 Å². The van der Waals surface area contributed by atoms with Crippen LogP contribution < -0.4 is 0 Å². The van der Waals surface area contributed by atoms with Gasteiger partial charge >= 0.3 is 0 Å². The van der Waals surface area contributed by atoms with Crippen LogP contribution in [0.15, 0.2) is 0 Å². The summed E-state index contributed by atoms with van der Waals surface area (Å²) in [7, 11) is 0. The molecule has 0 aliphatic carbocycles. The first-order valence-corrected chi connectivity index (χ1v) is 3.73. The molecule has 0 bridgehead atoms. The number of hydrogen-bond donors (Lipinski definition) is 1. The maximum atomic E-state index is 8.29. The Balaban J connectivity index is -0.000000149. The molecule has 0 aliphatic heterocycles. The van der Waals surface area contributed by atoms with Crippen LogP contribution >= 0.6 is 0 Å². The fourth-order valence-corrected chi connectivity index (χ4v) is 0.539. The van der Waals surface area contributed by atoms with E-state index in [-0.39, 0.29) is 21.7 Å². The van der Waals surface area contributed by atoms with Crippen LogP contribution in [0.3, 0.4) is 0 Å². The third-order valence-corrected chi connectivity index (χ3v) is 1.01. The summed E-state index contributed by atoms with van der Waals surface area (Å²) in [6, 6.07) is 0. The molecule has 1 nitrogen and oxygen atoms in total. The van der Waals surface area contributed by atoms with Crippen molar-refractivity contribution in [2.75, 3.05) is 6.61 Å². The summed E-state index contributed by atoms with van der Waals surface area (Å²) in [5.74, 6) is 0. The Labute approximate surface area is 80.1 Å². The zero-order valence-corrected chi connectivity index (χ0v) is 8.75. The maximum Gasteiger partial charge on any atom is 0.0431 e. The molecule has 0 aromatic carbocycles. The number of rotatable bonds is 4. The second-order valence-corrected chi connectivity index (χ2v) is 1.78. The Kier molecular flexibility index (Phi) is 38.3. The summed E-state index contributed by atoms with van der Waals surface area (Å²) in [6.45, 7) is 7.53. The van der Waals surface area contributed by atoms with Crippen LogP contribution in [0.5, 0.6) is 0 Å². The average Bonchev–Trinajstić information content (AvgIpc) is 1.94. The molecular weight excluding hydrogens is 160 g/mol. The summed E-state index contributed by atoms with van der Waals surface area (Å²) >= 11 is 0. The Hall–Kier alpha value is 0.674. The minimum Gasteiger partial charge on any atom is -0.396 e. The monoisotopic (exact) mass is 179 g/mol. The Bertz CT molecular complexity index is 28.4. The molecule has 0 spiro atoms. The molecule has 0 atom stereocenters. The van der Waals surface area contributed by atoms with Crippen molar-refractivity contribution in [2.24, 2.45) is 0 Å². The van der Waals surface area contributed by atoms with Gasteiger partial charge in [-0.25, -0.2) is 0 Å². The van der Waals surface area contributed by atoms with Crippen molar-refractivity contribution in [1.82, 2.24) is 0 Å². The molecule has 0 saturated carbocycles. The molecule has 1 N–H and O–H groups in total. The first-order chi connectivity index (χ1) is 4.41. The zero-order chi connectivity index (χ0) is 7.54. The summed E-state index contributed by atoms with van der Waals surface area (Å²) in [6.07, 6.45) is 4.68. The topological polar surface area (TPSA) is 20.2 Å². The fraction of sp³-hybridized carbons (Fsp3) is 0.875. The second kappa shape index (κ2) is 22.6. The standard InChI is InChI=1S/C6H14O.C2H5.Ti/c1-2-3-4-5-6-7;1-2;/h7H,2-6H2,1H3;1H2,2H3;/q;-1;. The molecular formula is C8H19OTi-. The molecule has 0 radical (unpaired) electrons. The molecule has 10 heavy (non-hydrogen) atoms. The third kappa shape index (κ3) is 23.4. The van der Waals surface area contributed by atoms with Gasteiger partial charge in [-0.2, -0.15) is 6.92 Å². The molecule has 0 unspecified atom stereocenters. The van der Waals surface area contributed by atoms with Crippen LogP contribution in [-0.2, 0) is 21.7 Å². The van der Waals surface area contributed by atoms with E-state index in [1.54, 1.807) is 6.92 Å². The Morgan fingerprint density at radius 1 is 1.10 bits per heavy atom. The van der Waals surface area contributed by atoms with Gasteiger partial charge in [0.15, 0.2) is 0 Å². The van der Waals surface area contributed by atoms with Gasteiger partial charge in [0, 0.05) is 28.3 Å². The van der Waals surface area contributed by atoms with Crippen molar-refractivity contribution < 1.29 is 26.8 Å². The number of aliphatic hydroxyl groups excluding tert-OH is 1. The van der Waals surface area contributed by atoms with Gasteiger partial charge in [0.1, 0.15) is 0 Å². The first kappa shape index (κ1) is 17.0. The SMILES string of the molecule is CCCCCCO.[CH2-]C.[Ti]. The molecule has 0 fully saturated rings. The normalized spacial score (nSPS) is 7.20. The predicted octanol–water partition coefficient (Wildman–Crippen LogP) is 2.40. The van der Waals surface area contributed by atoms with E-state index in [0.29, 0.717) is 6.61 Å². The van der Waals surface area contributed by atoms with Crippen LogP contribution in [0, 0.1) is 6.92 Å². The van der Waals surface area contributed by atoms with Gasteiger partial charge in [0.2, 0.25) is 0 Å². The molecule has 0 heterocycles. The van der Waals surface area contributed by atoms with E-state index in [1.165, 1.54) is 19.3 Å². The van der Waals surface area contributed by atoms with Gasteiger partial charge in [-0.1, -0.05) is 26.2 Å². The van der Waals surface area contributed by atoms with Crippen molar-refractivity contribution in [3.05, 3.63) is 6.92 Å². The average molecular weight is 179 g/mol. The van der Waals surface area contributed by atoms with Crippen molar-refractivity contribution in [3.8, 4) is 0 Å². The van der Waals surface area contributed by atoms with Crippen LogP contribution in [0.25, 0.3) is 0 Å². The van der Waals surface area contributed by atoms with Gasteiger partial charge in [0.25, 0.3) is 0 Å². The Morgan fingerprint density at radius 3 is 1.90 bits per heavy atom. The fourth-order valence-electron chi connectivity index (χ4n) is 0.539. The summed E-state index contributed by atoms with van der Waals surface area (Å²) in [4.78, 5) is 0. The quantitative estimate of drug-likeness (QED) is 0.399. The van der Waals surface area contributed by atoms with E-state index in [1.807, 2.05) is 0 Å². The first-order valence-electron chi connectivity index (χ1n) is 3.73. The Morgan fingerprint density at radius 2 is 1.60 bits per heavy atom. The summed E-state index contributed by atoms with van der Waals surface area (Å²) < 4.78 is 0. The van der Waals surface area contributed by atoms with Gasteiger partial charge in [0.05, 0.1) is 0 Å². The maximum absolute atomic E-state index is 8.29. The molecule has 0 aromatic heterocycles. The van der Waals surface area contributed by atoms with E-state index in [9.17, 15) is 0 Å².